The summed E-state index contributed by atoms with van der Waals surface area (Å²) >= 11 is 0. The van der Waals surface area contributed by atoms with Crippen LogP contribution >= 0.6 is 0 Å². The van der Waals surface area contributed by atoms with E-state index in [9.17, 15) is 14.4 Å². The number of allylic oxidation sites excluding steroid dienone is 18. The Hall–Kier alpha value is -3.93. The van der Waals surface area contributed by atoms with Gasteiger partial charge in [-0.05, 0) is 77.0 Å². The molecule has 0 rings (SSSR count). The summed E-state index contributed by atoms with van der Waals surface area (Å²) in [4.78, 5) is 38.1. The fourth-order valence-electron chi connectivity index (χ4n) is 7.14. The Balaban J connectivity index is 4.52. The van der Waals surface area contributed by atoms with Gasteiger partial charge in [-0.2, -0.15) is 0 Å². The molecule has 0 saturated carbocycles. The first-order valence-corrected chi connectivity index (χ1v) is 26.9. The van der Waals surface area contributed by atoms with Crippen molar-refractivity contribution in [2.24, 2.45) is 0 Å². The Morgan fingerprint density at radius 1 is 0.333 bits per heavy atom. The second-order valence-electron chi connectivity index (χ2n) is 17.5. The van der Waals surface area contributed by atoms with Crippen molar-refractivity contribution in [2.45, 2.75) is 239 Å². The molecule has 0 aliphatic carbocycles. The molecule has 1 unspecified atom stereocenters. The third-order valence-electron chi connectivity index (χ3n) is 11.1. The van der Waals surface area contributed by atoms with E-state index >= 15 is 0 Å². The Labute approximate surface area is 406 Å². The highest BCUT2D eigenvalue weighted by molar-refractivity contribution is 5.71. The highest BCUT2D eigenvalue weighted by Crippen LogP contribution is 2.15. The number of carbonyl (C=O) groups is 3. The van der Waals surface area contributed by atoms with E-state index in [0.717, 1.165) is 103 Å². The molecule has 0 aliphatic rings. The molecule has 1 atom stereocenters. The molecule has 0 amide bonds. The molecule has 374 valence electrons. The zero-order chi connectivity index (χ0) is 47.9. The highest BCUT2D eigenvalue weighted by Gasteiger charge is 2.19. The lowest BCUT2D eigenvalue weighted by Crippen LogP contribution is -2.30. The van der Waals surface area contributed by atoms with Gasteiger partial charge in [0.05, 0.1) is 0 Å². The minimum Gasteiger partial charge on any atom is -0.462 e. The lowest BCUT2D eigenvalue weighted by Gasteiger charge is -2.18. The van der Waals surface area contributed by atoms with Crippen molar-refractivity contribution in [3.05, 3.63) is 109 Å². The summed E-state index contributed by atoms with van der Waals surface area (Å²) in [5.74, 6) is -0.989. The van der Waals surface area contributed by atoms with Crippen molar-refractivity contribution in [2.75, 3.05) is 13.2 Å². The van der Waals surface area contributed by atoms with Crippen LogP contribution in [0.25, 0.3) is 0 Å². The first kappa shape index (κ1) is 62.1. The first-order valence-electron chi connectivity index (χ1n) is 26.9. The number of hydrogen-bond donors (Lipinski definition) is 0. The lowest BCUT2D eigenvalue weighted by molar-refractivity contribution is -0.167. The zero-order valence-electron chi connectivity index (χ0n) is 42.7. The number of hydrogen-bond acceptors (Lipinski definition) is 6. The smallest absolute Gasteiger partial charge is 0.306 e. The van der Waals surface area contributed by atoms with Crippen LogP contribution in [-0.4, -0.2) is 37.2 Å². The molecule has 0 N–H and O–H groups in total. The Morgan fingerprint density at radius 2 is 0.682 bits per heavy atom. The molecule has 0 aromatic carbocycles. The Kier molecular flexibility index (Phi) is 50.5. The van der Waals surface area contributed by atoms with Crippen LogP contribution < -0.4 is 0 Å². The lowest BCUT2D eigenvalue weighted by atomic mass is 10.0. The number of unbranched alkanes of at least 4 members (excludes halogenated alkanes) is 21. The van der Waals surface area contributed by atoms with Crippen LogP contribution in [0.4, 0.5) is 0 Å². The van der Waals surface area contributed by atoms with Gasteiger partial charge in [-0.15, -0.1) is 0 Å². The third kappa shape index (κ3) is 51.1. The Morgan fingerprint density at radius 3 is 1.15 bits per heavy atom. The van der Waals surface area contributed by atoms with Gasteiger partial charge in [0.25, 0.3) is 0 Å². The van der Waals surface area contributed by atoms with E-state index in [1.165, 1.54) is 83.5 Å². The standard InChI is InChI=1S/C60H98O6/c1-4-7-10-13-16-19-22-25-28-30-33-35-38-41-44-47-50-53-59(62)65-56-57(55-64-58(61)52-49-46-43-40-37-34-31-27-24-21-18-15-12-9-6-3)66-60(63)54-51-48-45-42-39-36-32-29-26-23-20-17-14-11-8-5-2/h7,9-10,12,15-16,18-19,21,24-25,27-28,31,33,35,41,44,57H,4-6,8,11,13-14,17,20,22-23,26,29-30,32,34,36-40,42-43,45-56H2,1-3H3/b10-7-,12-9-,18-15-,19-16-,24-21-,28-25-,31-27-,35-33-,44-41-. The summed E-state index contributed by atoms with van der Waals surface area (Å²) in [6, 6.07) is 0. The summed E-state index contributed by atoms with van der Waals surface area (Å²) in [6.07, 6.45) is 72.2. The summed E-state index contributed by atoms with van der Waals surface area (Å²) in [7, 11) is 0. The van der Waals surface area contributed by atoms with Gasteiger partial charge < -0.3 is 14.2 Å². The van der Waals surface area contributed by atoms with Gasteiger partial charge in [0.2, 0.25) is 0 Å². The molecule has 0 aromatic rings. The fraction of sp³-hybridized carbons (Fsp3) is 0.650. The van der Waals surface area contributed by atoms with E-state index < -0.39 is 6.10 Å². The van der Waals surface area contributed by atoms with Crippen LogP contribution in [0.1, 0.15) is 233 Å². The van der Waals surface area contributed by atoms with Gasteiger partial charge in [0.1, 0.15) is 13.2 Å². The predicted octanol–water partition coefficient (Wildman–Crippen LogP) is 17.9. The third-order valence-corrected chi connectivity index (χ3v) is 11.1. The van der Waals surface area contributed by atoms with Crippen molar-refractivity contribution >= 4 is 17.9 Å². The maximum atomic E-state index is 12.8. The second-order valence-corrected chi connectivity index (χ2v) is 17.5. The second kappa shape index (κ2) is 53.7. The summed E-state index contributed by atoms with van der Waals surface area (Å²) in [5.41, 5.74) is 0. The van der Waals surface area contributed by atoms with Crippen molar-refractivity contribution in [1.82, 2.24) is 0 Å². The van der Waals surface area contributed by atoms with Gasteiger partial charge in [-0.3, -0.25) is 14.4 Å². The van der Waals surface area contributed by atoms with Gasteiger partial charge in [-0.1, -0.05) is 246 Å². The quantitative estimate of drug-likeness (QED) is 0.0199. The monoisotopic (exact) mass is 915 g/mol. The molecule has 0 bridgehead atoms. The minimum absolute atomic E-state index is 0.108. The normalized spacial score (nSPS) is 13.0. The molecule has 66 heavy (non-hydrogen) atoms. The summed E-state index contributed by atoms with van der Waals surface area (Å²) in [6.45, 7) is 6.32. The van der Waals surface area contributed by atoms with Crippen molar-refractivity contribution in [3.8, 4) is 0 Å². The van der Waals surface area contributed by atoms with Crippen molar-refractivity contribution in [1.29, 1.82) is 0 Å². The van der Waals surface area contributed by atoms with Crippen molar-refractivity contribution in [3.63, 3.8) is 0 Å². The van der Waals surface area contributed by atoms with E-state index in [1.54, 1.807) is 0 Å². The maximum Gasteiger partial charge on any atom is 0.306 e. The number of esters is 3. The topological polar surface area (TPSA) is 78.9 Å². The largest absolute Gasteiger partial charge is 0.462 e. The molecule has 0 spiro atoms. The average Bonchev–Trinajstić information content (AvgIpc) is 3.31. The van der Waals surface area contributed by atoms with Crippen LogP contribution in [0.3, 0.4) is 0 Å². The number of carbonyl (C=O) groups excluding carboxylic acids is 3. The molecule has 6 heteroatoms. The maximum absolute atomic E-state index is 12.8. The van der Waals surface area contributed by atoms with E-state index in [2.05, 4.69) is 112 Å². The molecular weight excluding hydrogens is 817 g/mol. The number of ether oxygens (including phenoxy) is 3. The van der Waals surface area contributed by atoms with E-state index in [0.29, 0.717) is 19.3 Å². The van der Waals surface area contributed by atoms with Gasteiger partial charge in [0, 0.05) is 19.3 Å². The van der Waals surface area contributed by atoms with Crippen LogP contribution in [-0.2, 0) is 28.6 Å². The molecule has 0 aliphatic heterocycles. The first-order chi connectivity index (χ1) is 32.5. The number of rotatable bonds is 47. The molecule has 6 nitrogen and oxygen atoms in total. The predicted molar refractivity (Wildman–Crippen MR) is 283 cm³/mol. The van der Waals surface area contributed by atoms with Crippen molar-refractivity contribution < 1.29 is 28.6 Å². The van der Waals surface area contributed by atoms with E-state index in [1.807, 2.05) is 18.2 Å². The molecule has 0 fully saturated rings. The highest BCUT2D eigenvalue weighted by atomic mass is 16.6. The van der Waals surface area contributed by atoms with Gasteiger partial charge >= 0.3 is 17.9 Å². The van der Waals surface area contributed by atoms with Gasteiger partial charge in [0.15, 0.2) is 6.10 Å². The van der Waals surface area contributed by atoms with Gasteiger partial charge in [-0.25, -0.2) is 0 Å². The molecule has 0 heterocycles. The molecule has 0 saturated heterocycles. The molecule has 0 aromatic heterocycles. The summed E-state index contributed by atoms with van der Waals surface area (Å²) in [5, 5.41) is 0. The van der Waals surface area contributed by atoms with E-state index in [4.69, 9.17) is 14.2 Å². The molecule has 0 radical (unpaired) electrons. The summed E-state index contributed by atoms with van der Waals surface area (Å²) < 4.78 is 16.8. The molecular formula is C60H98O6. The SMILES string of the molecule is CC\C=C/C=C\C=C/C=C\CCCCCCCC(=O)OCC(COC(=O)CCC/C=C\C/C=C\C/C=C\C/C=C\C/C=C\CC)OC(=O)CCCCCCCCCCCCCCCCCC. The average molecular weight is 915 g/mol. The van der Waals surface area contributed by atoms with E-state index in [-0.39, 0.29) is 37.5 Å². The van der Waals surface area contributed by atoms with Crippen LogP contribution in [0.15, 0.2) is 109 Å². The van der Waals surface area contributed by atoms with Crippen LogP contribution in [0, 0.1) is 0 Å². The Bertz CT molecular complexity index is 1370. The van der Waals surface area contributed by atoms with Crippen LogP contribution in [0.2, 0.25) is 0 Å². The fourth-order valence-corrected chi connectivity index (χ4v) is 7.14. The zero-order valence-corrected chi connectivity index (χ0v) is 42.7. The minimum atomic E-state index is -0.811. The van der Waals surface area contributed by atoms with Crippen LogP contribution in [0.5, 0.6) is 0 Å².